The minimum absolute atomic E-state index is 0.116. The van der Waals surface area contributed by atoms with Crippen molar-refractivity contribution in [3.8, 4) is 0 Å². The van der Waals surface area contributed by atoms with Crippen LogP contribution < -0.4 is 5.32 Å². The molecular formula is C16H29BrN4. The molecule has 1 saturated heterocycles. The number of likely N-dealkylation sites (N-methyl/N-ethyl adjacent to an activating group) is 1. The molecule has 1 aromatic rings. The Hall–Kier alpha value is -0.390. The highest BCUT2D eigenvalue weighted by atomic mass is 79.9. The number of rotatable bonds is 6. The lowest BCUT2D eigenvalue weighted by molar-refractivity contribution is 0.0419. The van der Waals surface area contributed by atoms with Gasteiger partial charge in [-0.25, -0.2) is 0 Å². The highest BCUT2D eigenvalue weighted by Gasteiger charge is 2.41. The van der Waals surface area contributed by atoms with Crippen molar-refractivity contribution in [1.82, 2.24) is 20.0 Å². The van der Waals surface area contributed by atoms with Crippen LogP contribution in [0.15, 0.2) is 10.7 Å². The predicted octanol–water partition coefficient (Wildman–Crippen LogP) is 3.58. The van der Waals surface area contributed by atoms with Crippen molar-refractivity contribution < 1.29 is 0 Å². The molecule has 2 rings (SSSR count). The van der Waals surface area contributed by atoms with E-state index in [9.17, 15) is 0 Å². The molecule has 1 aliphatic rings. The van der Waals surface area contributed by atoms with Gasteiger partial charge >= 0.3 is 0 Å². The maximum absolute atomic E-state index is 4.51. The van der Waals surface area contributed by atoms with Crippen LogP contribution in [0.1, 0.15) is 58.2 Å². The second-order valence-electron chi connectivity index (χ2n) is 6.17. The van der Waals surface area contributed by atoms with Gasteiger partial charge in [0, 0.05) is 12.1 Å². The van der Waals surface area contributed by atoms with Crippen molar-refractivity contribution in [3.05, 3.63) is 16.4 Å². The summed E-state index contributed by atoms with van der Waals surface area (Å²) in [5, 5.41) is 8.08. The monoisotopic (exact) mass is 356 g/mol. The average Bonchev–Trinajstić information content (AvgIpc) is 2.89. The fourth-order valence-corrected chi connectivity index (χ4v) is 4.19. The highest BCUT2D eigenvalue weighted by Crippen LogP contribution is 2.38. The molecule has 5 heteroatoms. The van der Waals surface area contributed by atoms with Crippen LogP contribution in [0.5, 0.6) is 0 Å². The Labute approximate surface area is 137 Å². The molecule has 0 radical (unpaired) electrons. The standard InChI is InChI=1S/C16H29BrN4/c1-5-16(3,20-10-8-7-9-11-20)15(18-4)14-13(17)12-19-21(14)6-2/h12,15,18H,5-11H2,1-4H3. The van der Waals surface area contributed by atoms with Crippen molar-refractivity contribution >= 4 is 15.9 Å². The van der Waals surface area contributed by atoms with Crippen molar-refractivity contribution in [2.24, 2.45) is 0 Å². The smallest absolute Gasteiger partial charge is 0.0714 e. The zero-order valence-electron chi connectivity index (χ0n) is 13.8. The third-order valence-electron chi connectivity index (χ3n) is 5.11. The largest absolute Gasteiger partial charge is 0.310 e. The number of aryl methyl sites for hydroxylation is 1. The Kier molecular flexibility index (Phi) is 5.86. The van der Waals surface area contributed by atoms with E-state index in [2.05, 4.69) is 63.7 Å². The lowest BCUT2D eigenvalue weighted by atomic mass is 9.83. The van der Waals surface area contributed by atoms with Gasteiger partial charge in [0.1, 0.15) is 0 Å². The number of hydrogen-bond acceptors (Lipinski definition) is 3. The Morgan fingerprint density at radius 1 is 1.33 bits per heavy atom. The third-order valence-corrected chi connectivity index (χ3v) is 5.72. The lowest BCUT2D eigenvalue weighted by Gasteiger charge is -2.48. The molecule has 0 spiro atoms. The van der Waals surface area contributed by atoms with E-state index in [0.717, 1.165) is 17.4 Å². The van der Waals surface area contributed by atoms with Crippen molar-refractivity contribution in [2.45, 2.75) is 64.6 Å². The molecule has 0 bridgehead atoms. The van der Waals surface area contributed by atoms with Gasteiger partial charge in [0.05, 0.1) is 22.4 Å². The summed E-state index contributed by atoms with van der Waals surface area (Å²) < 4.78 is 3.23. The second-order valence-corrected chi connectivity index (χ2v) is 7.03. The minimum Gasteiger partial charge on any atom is -0.310 e. The van der Waals surface area contributed by atoms with Crippen molar-refractivity contribution in [1.29, 1.82) is 0 Å². The molecule has 21 heavy (non-hydrogen) atoms. The van der Waals surface area contributed by atoms with Crippen molar-refractivity contribution in [3.63, 3.8) is 0 Å². The van der Waals surface area contributed by atoms with Crippen LogP contribution >= 0.6 is 15.9 Å². The van der Waals surface area contributed by atoms with Gasteiger partial charge in [0.15, 0.2) is 0 Å². The molecule has 2 heterocycles. The van der Waals surface area contributed by atoms with Crippen LogP contribution in [-0.2, 0) is 6.54 Å². The van der Waals surface area contributed by atoms with E-state index >= 15 is 0 Å². The molecule has 1 fully saturated rings. The molecule has 0 amide bonds. The van der Waals surface area contributed by atoms with E-state index < -0.39 is 0 Å². The topological polar surface area (TPSA) is 33.1 Å². The number of likely N-dealkylation sites (tertiary alicyclic amines) is 1. The Morgan fingerprint density at radius 3 is 2.52 bits per heavy atom. The zero-order chi connectivity index (χ0) is 15.5. The van der Waals surface area contributed by atoms with Gasteiger partial charge in [-0.2, -0.15) is 5.10 Å². The lowest BCUT2D eigenvalue weighted by Crippen LogP contribution is -2.55. The average molecular weight is 357 g/mol. The first-order valence-electron chi connectivity index (χ1n) is 8.22. The maximum atomic E-state index is 4.51. The third kappa shape index (κ3) is 3.20. The molecule has 1 aromatic heterocycles. The Balaban J connectivity index is 2.38. The van der Waals surface area contributed by atoms with Crippen LogP contribution in [0, 0.1) is 0 Å². The summed E-state index contributed by atoms with van der Waals surface area (Å²) in [5.74, 6) is 0. The zero-order valence-corrected chi connectivity index (χ0v) is 15.4. The predicted molar refractivity (Wildman–Crippen MR) is 91.5 cm³/mol. The summed E-state index contributed by atoms with van der Waals surface area (Å²) in [5.41, 5.74) is 1.39. The molecular weight excluding hydrogens is 328 g/mol. The van der Waals surface area contributed by atoms with E-state index in [1.807, 2.05) is 6.20 Å². The molecule has 0 aromatic carbocycles. The first-order valence-corrected chi connectivity index (χ1v) is 9.01. The van der Waals surface area contributed by atoms with Gasteiger partial charge in [-0.05, 0) is 69.2 Å². The van der Waals surface area contributed by atoms with E-state index in [1.165, 1.54) is 38.0 Å². The molecule has 0 saturated carbocycles. The summed E-state index contributed by atoms with van der Waals surface area (Å²) in [6, 6.07) is 0.275. The Bertz CT molecular complexity index is 453. The molecule has 0 aliphatic carbocycles. The maximum Gasteiger partial charge on any atom is 0.0714 e. The molecule has 2 atom stereocenters. The Morgan fingerprint density at radius 2 is 2.00 bits per heavy atom. The van der Waals surface area contributed by atoms with E-state index in [4.69, 9.17) is 0 Å². The van der Waals surface area contributed by atoms with E-state index in [0.29, 0.717) is 0 Å². The summed E-state index contributed by atoms with van der Waals surface area (Å²) in [7, 11) is 2.07. The highest BCUT2D eigenvalue weighted by molar-refractivity contribution is 9.10. The minimum atomic E-state index is 0.116. The van der Waals surface area contributed by atoms with Crippen LogP contribution in [0.2, 0.25) is 0 Å². The quantitative estimate of drug-likeness (QED) is 0.845. The van der Waals surface area contributed by atoms with Gasteiger partial charge in [-0.15, -0.1) is 0 Å². The SMILES string of the molecule is CCn1ncc(Br)c1C(NC)C(C)(CC)N1CCCCC1. The first kappa shape index (κ1) is 17.0. The fourth-order valence-electron chi connectivity index (χ4n) is 3.67. The van der Waals surface area contributed by atoms with Crippen molar-refractivity contribution in [2.75, 3.05) is 20.1 Å². The number of piperidine rings is 1. The van der Waals surface area contributed by atoms with Gasteiger partial charge < -0.3 is 5.32 Å². The number of halogens is 1. The van der Waals surface area contributed by atoms with E-state index in [-0.39, 0.29) is 11.6 Å². The molecule has 1 aliphatic heterocycles. The number of aromatic nitrogens is 2. The van der Waals surface area contributed by atoms with Gasteiger partial charge in [-0.1, -0.05) is 13.3 Å². The van der Waals surface area contributed by atoms with Crippen LogP contribution in [0.3, 0.4) is 0 Å². The molecule has 4 nitrogen and oxygen atoms in total. The summed E-state index contributed by atoms with van der Waals surface area (Å²) in [6.45, 7) is 10.2. The van der Waals surface area contributed by atoms with Gasteiger partial charge in [0.25, 0.3) is 0 Å². The van der Waals surface area contributed by atoms with Crippen LogP contribution in [0.4, 0.5) is 0 Å². The summed E-state index contributed by atoms with van der Waals surface area (Å²) in [4.78, 5) is 2.68. The number of nitrogens with one attached hydrogen (secondary N) is 1. The second kappa shape index (κ2) is 7.25. The number of hydrogen-bond donors (Lipinski definition) is 1. The van der Waals surface area contributed by atoms with Gasteiger partial charge in [-0.3, -0.25) is 9.58 Å². The summed E-state index contributed by atoms with van der Waals surface area (Å²) >= 11 is 3.70. The first-order chi connectivity index (χ1) is 10.1. The van der Waals surface area contributed by atoms with Gasteiger partial charge in [0.2, 0.25) is 0 Å². The molecule has 2 unspecified atom stereocenters. The van der Waals surface area contributed by atoms with Crippen LogP contribution in [0.25, 0.3) is 0 Å². The number of nitrogens with zero attached hydrogens (tertiary/aromatic N) is 3. The summed E-state index contributed by atoms with van der Waals surface area (Å²) in [6.07, 6.45) is 7.06. The normalized spacial score (nSPS) is 21.2. The molecule has 1 N–H and O–H groups in total. The van der Waals surface area contributed by atoms with Crippen LogP contribution in [-0.4, -0.2) is 40.4 Å². The fraction of sp³-hybridized carbons (Fsp3) is 0.812. The van der Waals surface area contributed by atoms with E-state index in [1.54, 1.807) is 0 Å². The molecule has 120 valence electrons.